The summed E-state index contributed by atoms with van der Waals surface area (Å²) < 4.78 is 0. The van der Waals surface area contributed by atoms with E-state index < -0.39 is 0 Å². The van der Waals surface area contributed by atoms with E-state index in [1.165, 1.54) is 57.8 Å². The van der Waals surface area contributed by atoms with Crippen molar-refractivity contribution in [3.8, 4) is 0 Å². The van der Waals surface area contributed by atoms with E-state index in [1.54, 1.807) is 0 Å². The summed E-state index contributed by atoms with van der Waals surface area (Å²) in [6.45, 7) is 5.74. The van der Waals surface area contributed by atoms with Crippen molar-refractivity contribution in [3.05, 3.63) is 12.2 Å². The molecular formula is C19H29NO. The fraction of sp³-hybridized carbons (Fsp3) is 0.842. The maximum absolute atomic E-state index is 12.5. The average Bonchev–Trinajstić information content (AvgIpc) is 2.96. The molecule has 5 saturated carbocycles. The molecule has 2 nitrogen and oxygen atoms in total. The van der Waals surface area contributed by atoms with Gasteiger partial charge in [-0.1, -0.05) is 19.4 Å². The molecule has 0 unspecified atom stereocenters. The van der Waals surface area contributed by atoms with Gasteiger partial charge in [-0.25, -0.2) is 0 Å². The third-order valence-electron chi connectivity index (χ3n) is 7.24. The van der Waals surface area contributed by atoms with Crippen LogP contribution in [0.1, 0.15) is 64.7 Å². The second-order valence-electron chi connectivity index (χ2n) is 8.45. The Kier molecular flexibility index (Phi) is 3.20. The SMILES string of the molecule is C=C(C)C(=O)NC1(C2CCCC2)C2CC3CC(C2)CC1C3. The number of amides is 1. The van der Waals surface area contributed by atoms with Crippen molar-refractivity contribution in [3.63, 3.8) is 0 Å². The smallest absolute Gasteiger partial charge is 0.246 e. The van der Waals surface area contributed by atoms with Crippen molar-refractivity contribution in [2.75, 3.05) is 0 Å². The van der Waals surface area contributed by atoms with Crippen LogP contribution in [0.4, 0.5) is 0 Å². The molecule has 0 radical (unpaired) electrons. The van der Waals surface area contributed by atoms with Crippen LogP contribution in [-0.2, 0) is 4.79 Å². The number of nitrogens with one attached hydrogen (secondary N) is 1. The van der Waals surface area contributed by atoms with E-state index in [2.05, 4.69) is 11.9 Å². The van der Waals surface area contributed by atoms with Gasteiger partial charge >= 0.3 is 0 Å². The largest absolute Gasteiger partial charge is 0.346 e. The molecule has 1 N–H and O–H groups in total. The lowest BCUT2D eigenvalue weighted by atomic mass is 9.45. The number of rotatable bonds is 3. The lowest BCUT2D eigenvalue weighted by molar-refractivity contribution is -0.135. The monoisotopic (exact) mass is 287 g/mol. The standard InChI is InChI=1S/C19H29NO/c1-12(2)18(21)20-19(15-5-3-4-6-15)16-8-13-7-14(10-16)11-17(19)9-13/h13-17H,1,3-11H2,2H3,(H,20,21). The van der Waals surface area contributed by atoms with Crippen molar-refractivity contribution in [2.24, 2.45) is 29.6 Å². The van der Waals surface area contributed by atoms with Crippen molar-refractivity contribution in [2.45, 2.75) is 70.3 Å². The van der Waals surface area contributed by atoms with Gasteiger partial charge in [-0.05, 0) is 81.5 Å². The van der Waals surface area contributed by atoms with Crippen molar-refractivity contribution in [1.29, 1.82) is 0 Å². The Labute approximate surface area is 128 Å². The number of hydrogen-bond donors (Lipinski definition) is 1. The minimum atomic E-state index is 0.120. The summed E-state index contributed by atoms with van der Waals surface area (Å²) in [7, 11) is 0. The molecule has 0 heterocycles. The summed E-state index contributed by atoms with van der Waals surface area (Å²) in [6.07, 6.45) is 12.4. The summed E-state index contributed by atoms with van der Waals surface area (Å²) in [5.41, 5.74) is 0.807. The highest BCUT2D eigenvalue weighted by atomic mass is 16.1. The molecule has 5 aliphatic rings. The van der Waals surface area contributed by atoms with Crippen LogP contribution in [0.15, 0.2) is 12.2 Å². The van der Waals surface area contributed by atoms with Crippen LogP contribution >= 0.6 is 0 Å². The lowest BCUT2D eigenvalue weighted by Gasteiger charge is -2.63. The Morgan fingerprint density at radius 3 is 1.95 bits per heavy atom. The van der Waals surface area contributed by atoms with Gasteiger partial charge in [-0.3, -0.25) is 4.79 Å². The molecule has 0 spiro atoms. The summed E-state index contributed by atoms with van der Waals surface area (Å²) >= 11 is 0. The Hall–Kier alpha value is -0.790. The van der Waals surface area contributed by atoms with Crippen LogP contribution in [-0.4, -0.2) is 11.4 Å². The molecule has 2 heteroatoms. The van der Waals surface area contributed by atoms with Crippen LogP contribution in [0.25, 0.3) is 0 Å². The highest BCUT2D eigenvalue weighted by Crippen LogP contribution is 2.62. The molecule has 5 fully saturated rings. The molecular weight excluding hydrogens is 258 g/mol. The van der Waals surface area contributed by atoms with Gasteiger partial charge in [-0.15, -0.1) is 0 Å². The molecule has 0 aliphatic heterocycles. The van der Waals surface area contributed by atoms with E-state index in [0.717, 1.165) is 29.6 Å². The number of carbonyl (C=O) groups excluding carboxylic acids is 1. The average molecular weight is 287 g/mol. The number of hydrogen-bond acceptors (Lipinski definition) is 1. The first kappa shape index (κ1) is 13.8. The predicted molar refractivity (Wildman–Crippen MR) is 84.7 cm³/mol. The molecule has 0 aromatic carbocycles. The van der Waals surface area contributed by atoms with E-state index >= 15 is 0 Å². The van der Waals surface area contributed by atoms with Crippen molar-refractivity contribution >= 4 is 5.91 Å². The van der Waals surface area contributed by atoms with Gasteiger partial charge in [0, 0.05) is 11.1 Å². The first-order valence-electron chi connectivity index (χ1n) is 9.07. The van der Waals surface area contributed by atoms with E-state index in [-0.39, 0.29) is 11.4 Å². The molecule has 0 aromatic heterocycles. The first-order valence-corrected chi connectivity index (χ1v) is 9.07. The van der Waals surface area contributed by atoms with Crippen LogP contribution < -0.4 is 5.32 Å². The Balaban J connectivity index is 1.69. The molecule has 4 bridgehead atoms. The van der Waals surface area contributed by atoms with Crippen molar-refractivity contribution in [1.82, 2.24) is 5.32 Å². The van der Waals surface area contributed by atoms with Gasteiger partial charge in [0.1, 0.15) is 0 Å². The van der Waals surface area contributed by atoms with E-state index in [0.29, 0.717) is 5.57 Å². The summed E-state index contributed by atoms with van der Waals surface area (Å²) in [5.74, 6) is 4.28. The van der Waals surface area contributed by atoms with Gasteiger partial charge in [0.05, 0.1) is 0 Å². The quantitative estimate of drug-likeness (QED) is 0.779. The lowest BCUT2D eigenvalue weighted by Crippen LogP contribution is -2.69. The highest BCUT2D eigenvalue weighted by molar-refractivity contribution is 5.92. The minimum Gasteiger partial charge on any atom is -0.346 e. The molecule has 1 amide bonds. The molecule has 5 aliphatic carbocycles. The van der Waals surface area contributed by atoms with Crippen LogP contribution in [0.3, 0.4) is 0 Å². The summed E-state index contributed by atoms with van der Waals surface area (Å²) in [6, 6.07) is 0. The van der Waals surface area contributed by atoms with Gasteiger partial charge in [0.25, 0.3) is 0 Å². The zero-order chi connectivity index (χ0) is 14.6. The van der Waals surface area contributed by atoms with Crippen LogP contribution in [0.2, 0.25) is 0 Å². The van der Waals surface area contributed by atoms with Crippen molar-refractivity contribution < 1.29 is 4.79 Å². The van der Waals surface area contributed by atoms with E-state index in [1.807, 2.05) is 6.92 Å². The number of carbonyl (C=O) groups is 1. The molecule has 21 heavy (non-hydrogen) atoms. The van der Waals surface area contributed by atoms with E-state index in [4.69, 9.17) is 0 Å². The molecule has 0 saturated heterocycles. The highest BCUT2D eigenvalue weighted by Gasteiger charge is 2.60. The molecule has 116 valence electrons. The van der Waals surface area contributed by atoms with Crippen LogP contribution in [0, 0.1) is 29.6 Å². The van der Waals surface area contributed by atoms with Gasteiger partial charge in [-0.2, -0.15) is 0 Å². The summed E-state index contributed by atoms with van der Waals surface area (Å²) in [5, 5.41) is 3.58. The van der Waals surface area contributed by atoms with Gasteiger partial charge in [0.15, 0.2) is 0 Å². The maximum atomic E-state index is 12.5. The second-order valence-corrected chi connectivity index (χ2v) is 8.45. The van der Waals surface area contributed by atoms with E-state index in [9.17, 15) is 4.79 Å². The third kappa shape index (κ3) is 2.01. The third-order valence-corrected chi connectivity index (χ3v) is 7.24. The Morgan fingerprint density at radius 2 is 1.48 bits per heavy atom. The molecule has 0 aromatic rings. The van der Waals surface area contributed by atoms with Gasteiger partial charge in [0.2, 0.25) is 5.91 Å². The summed E-state index contributed by atoms with van der Waals surface area (Å²) in [4.78, 5) is 12.5. The predicted octanol–water partition coefficient (Wildman–Crippen LogP) is 4.06. The minimum absolute atomic E-state index is 0.120. The Morgan fingerprint density at radius 1 is 0.952 bits per heavy atom. The fourth-order valence-electron chi connectivity index (χ4n) is 6.64. The Bertz CT molecular complexity index is 432. The zero-order valence-corrected chi connectivity index (χ0v) is 13.4. The second kappa shape index (κ2) is 4.86. The van der Waals surface area contributed by atoms with Gasteiger partial charge < -0.3 is 5.32 Å². The molecule has 5 rings (SSSR count). The first-order chi connectivity index (χ1) is 10.1. The fourth-order valence-corrected chi connectivity index (χ4v) is 6.64. The van der Waals surface area contributed by atoms with Crippen LogP contribution in [0.5, 0.6) is 0 Å². The normalized spacial score (nSPS) is 45.0. The maximum Gasteiger partial charge on any atom is 0.246 e. The molecule has 0 atom stereocenters. The topological polar surface area (TPSA) is 29.1 Å². The zero-order valence-electron chi connectivity index (χ0n) is 13.4.